The second-order valence-corrected chi connectivity index (χ2v) is 4.94. The van der Waals surface area contributed by atoms with Gasteiger partial charge in [-0.25, -0.2) is 0 Å². The van der Waals surface area contributed by atoms with Gasteiger partial charge < -0.3 is 5.11 Å². The van der Waals surface area contributed by atoms with E-state index in [4.69, 9.17) is 0 Å². The van der Waals surface area contributed by atoms with Crippen LogP contribution in [0.15, 0.2) is 24.3 Å². The molecule has 2 heterocycles. The van der Waals surface area contributed by atoms with Crippen molar-refractivity contribution >= 4 is 0 Å². The Labute approximate surface area is 106 Å². The molecule has 1 N–H and O–H groups in total. The molecule has 4 nitrogen and oxygen atoms in total. The van der Waals surface area contributed by atoms with Crippen molar-refractivity contribution in [3.8, 4) is 0 Å². The van der Waals surface area contributed by atoms with E-state index in [0.29, 0.717) is 0 Å². The van der Waals surface area contributed by atoms with Gasteiger partial charge in [-0.2, -0.15) is 0 Å². The molecule has 1 aliphatic heterocycles. The lowest BCUT2D eigenvalue weighted by Crippen LogP contribution is -2.19. The van der Waals surface area contributed by atoms with Crippen LogP contribution in [-0.4, -0.2) is 19.9 Å². The van der Waals surface area contributed by atoms with Crippen LogP contribution in [0.2, 0.25) is 0 Å². The van der Waals surface area contributed by atoms with Crippen molar-refractivity contribution in [1.29, 1.82) is 0 Å². The SMILES string of the molecule is Cc1ccc(Cc2nnc3n2C(O)CCC3)cc1. The van der Waals surface area contributed by atoms with Crippen LogP contribution in [0, 0.1) is 6.92 Å². The largest absolute Gasteiger partial charge is 0.373 e. The molecule has 0 aliphatic carbocycles. The minimum atomic E-state index is -0.454. The minimum Gasteiger partial charge on any atom is -0.373 e. The lowest BCUT2D eigenvalue weighted by atomic mass is 10.1. The first kappa shape index (κ1) is 11.4. The summed E-state index contributed by atoms with van der Waals surface area (Å²) in [6.45, 7) is 2.08. The van der Waals surface area contributed by atoms with Gasteiger partial charge in [0.15, 0.2) is 0 Å². The maximum absolute atomic E-state index is 10.0. The quantitative estimate of drug-likeness (QED) is 0.877. The fourth-order valence-electron chi connectivity index (χ4n) is 2.46. The number of nitrogens with zero attached hydrogens (tertiary/aromatic N) is 3. The van der Waals surface area contributed by atoms with Gasteiger partial charge in [0.1, 0.15) is 17.9 Å². The molecule has 0 bridgehead atoms. The predicted molar refractivity (Wildman–Crippen MR) is 68.2 cm³/mol. The van der Waals surface area contributed by atoms with E-state index in [1.54, 1.807) is 0 Å². The van der Waals surface area contributed by atoms with Gasteiger partial charge in [0.25, 0.3) is 0 Å². The molecule has 94 valence electrons. The molecule has 1 unspecified atom stereocenters. The first-order chi connectivity index (χ1) is 8.74. The van der Waals surface area contributed by atoms with Crippen LogP contribution in [0.5, 0.6) is 0 Å². The number of hydrogen-bond acceptors (Lipinski definition) is 3. The summed E-state index contributed by atoms with van der Waals surface area (Å²) in [7, 11) is 0. The lowest BCUT2D eigenvalue weighted by molar-refractivity contribution is 0.0753. The Morgan fingerprint density at radius 3 is 2.83 bits per heavy atom. The average molecular weight is 243 g/mol. The van der Waals surface area contributed by atoms with Crippen molar-refractivity contribution in [2.75, 3.05) is 0 Å². The molecular weight excluding hydrogens is 226 g/mol. The van der Waals surface area contributed by atoms with Crippen LogP contribution in [0.4, 0.5) is 0 Å². The Bertz CT molecular complexity index is 545. The topological polar surface area (TPSA) is 50.9 Å². The zero-order valence-corrected chi connectivity index (χ0v) is 10.5. The zero-order valence-electron chi connectivity index (χ0n) is 10.5. The van der Waals surface area contributed by atoms with Crippen molar-refractivity contribution in [3.63, 3.8) is 0 Å². The van der Waals surface area contributed by atoms with Gasteiger partial charge in [0.2, 0.25) is 0 Å². The Hall–Kier alpha value is -1.68. The minimum absolute atomic E-state index is 0.454. The molecule has 1 aromatic heterocycles. The van der Waals surface area contributed by atoms with E-state index in [9.17, 15) is 5.11 Å². The highest BCUT2D eigenvalue weighted by atomic mass is 16.3. The van der Waals surface area contributed by atoms with Crippen LogP contribution in [0.3, 0.4) is 0 Å². The van der Waals surface area contributed by atoms with Gasteiger partial charge in [-0.15, -0.1) is 10.2 Å². The molecule has 0 radical (unpaired) electrons. The first-order valence-corrected chi connectivity index (χ1v) is 6.40. The van der Waals surface area contributed by atoms with Crippen molar-refractivity contribution in [3.05, 3.63) is 47.0 Å². The standard InChI is InChI=1S/C14H17N3O/c1-10-5-7-11(8-6-10)9-13-16-15-12-3-2-4-14(18)17(12)13/h5-8,14,18H,2-4,9H2,1H3. The Balaban J connectivity index is 1.89. The third-order valence-corrected chi connectivity index (χ3v) is 3.48. The summed E-state index contributed by atoms with van der Waals surface area (Å²) in [6.07, 6.45) is 2.97. The number of aliphatic hydroxyl groups is 1. The number of aryl methyl sites for hydroxylation is 2. The normalized spacial score (nSPS) is 18.7. The lowest BCUT2D eigenvalue weighted by Gasteiger charge is -2.21. The Morgan fingerprint density at radius 1 is 1.28 bits per heavy atom. The molecule has 18 heavy (non-hydrogen) atoms. The van der Waals surface area contributed by atoms with Gasteiger partial charge >= 0.3 is 0 Å². The van der Waals surface area contributed by atoms with Gasteiger partial charge in [-0.3, -0.25) is 4.57 Å². The van der Waals surface area contributed by atoms with Crippen LogP contribution < -0.4 is 0 Å². The molecule has 1 atom stereocenters. The highest BCUT2D eigenvalue weighted by molar-refractivity contribution is 5.24. The summed E-state index contributed by atoms with van der Waals surface area (Å²) < 4.78 is 1.89. The molecule has 0 saturated heterocycles. The predicted octanol–water partition coefficient (Wildman–Crippen LogP) is 2.00. The maximum atomic E-state index is 10.0. The number of hydrogen-bond donors (Lipinski definition) is 1. The zero-order chi connectivity index (χ0) is 12.5. The van der Waals surface area contributed by atoms with Crippen molar-refractivity contribution in [2.45, 2.75) is 38.8 Å². The van der Waals surface area contributed by atoms with Gasteiger partial charge in [0.05, 0.1) is 0 Å². The average Bonchev–Trinajstić information content (AvgIpc) is 2.77. The molecule has 0 saturated carbocycles. The molecule has 4 heteroatoms. The summed E-state index contributed by atoms with van der Waals surface area (Å²) in [5, 5.41) is 18.4. The summed E-state index contributed by atoms with van der Waals surface area (Å²) in [5.74, 6) is 1.77. The van der Waals surface area contributed by atoms with E-state index in [2.05, 4.69) is 41.4 Å². The van der Waals surface area contributed by atoms with Crippen molar-refractivity contribution in [1.82, 2.24) is 14.8 Å². The Morgan fingerprint density at radius 2 is 2.06 bits per heavy atom. The van der Waals surface area contributed by atoms with Crippen LogP contribution in [-0.2, 0) is 12.8 Å². The van der Waals surface area contributed by atoms with E-state index in [1.807, 2.05) is 4.57 Å². The Kier molecular flexibility index (Phi) is 2.88. The van der Waals surface area contributed by atoms with Crippen LogP contribution >= 0.6 is 0 Å². The molecule has 1 aliphatic rings. The fourth-order valence-corrected chi connectivity index (χ4v) is 2.46. The fraction of sp³-hybridized carbons (Fsp3) is 0.429. The summed E-state index contributed by atoms with van der Waals surface area (Å²) >= 11 is 0. The van der Waals surface area contributed by atoms with E-state index in [1.165, 1.54) is 11.1 Å². The summed E-state index contributed by atoms with van der Waals surface area (Å²) in [5.41, 5.74) is 2.45. The first-order valence-electron chi connectivity index (χ1n) is 6.40. The molecule has 3 rings (SSSR count). The van der Waals surface area contributed by atoms with Crippen molar-refractivity contribution in [2.24, 2.45) is 0 Å². The number of fused-ring (bicyclic) bond motifs is 1. The third kappa shape index (κ3) is 2.04. The highest BCUT2D eigenvalue weighted by Crippen LogP contribution is 2.24. The molecular formula is C14H17N3O. The van der Waals surface area contributed by atoms with Gasteiger partial charge in [-0.1, -0.05) is 29.8 Å². The molecule has 1 aromatic carbocycles. The monoisotopic (exact) mass is 243 g/mol. The maximum Gasteiger partial charge on any atom is 0.139 e. The van der Waals surface area contributed by atoms with Crippen LogP contribution in [0.25, 0.3) is 0 Å². The molecule has 0 amide bonds. The molecule has 0 spiro atoms. The number of aromatic nitrogens is 3. The third-order valence-electron chi connectivity index (χ3n) is 3.48. The second-order valence-electron chi connectivity index (χ2n) is 4.94. The van der Waals surface area contributed by atoms with E-state index in [0.717, 1.165) is 37.3 Å². The van der Waals surface area contributed by atoms with Crippen molar-refractivity contribution < 1.29 is 5.11 Å². The number of rotatable bonds is 2. The molecule has 0 fully saturated rings. The smallest absolute Gasteiger partial charge is 0.139 e. The van der Waals surface area contributed by atoms with Gasteiger partial charge in [-0.05, 0) is 25.3 Å². The summed E-state index contributed by atoms with van der Waals surface area (Å²) in [4.78, 5) is 0. The molecule has 2 aromatic rings. The summed E-state index contributed by atoms with van der Waals surface area (Å²) in [6, 6.07) is 8.40. The van der Waals surface area contributed by atoms with Gasteiger partial charge in [0, 0.05) is 12.8 Å². The van der Waals surface area contributed by atoms with E-state index >= 15 is 0 Å². The van der Waals surface area contributed by atoms with Crippen LogP contribution in [0.1, 0.15) is 41.8 Å². The number of aliphatic hydroxyl groups excluding tert-OH is 1. The second kappa shape index (κ2) is 4.53. The van der Waals surface area contributed by atoms with E-state index in [-0.39, 0.29) is 0 Å². The van der Waals surface area contributed by atoms with E-state index < -0.39 is 6.23 Å². The highest BCUT2D eigenvalue weighted by Gasteiger charge is 2.22. The number of benzene rings is 1.